The highest BCUT2D eigenvalue weighted by molar-refractivity contribution is 6.31. The van der Waals surface area contributed by atoms with Gasteiger partial charge in [0.15, 0.2) is 11.5 Å². The monoisotopic (exact) mass is 303 g/mol. The fourth-order valence-electron chi connectivity index (χ4n) is 1.86. The Bertz CT molecular complexity index is 692. The molecule has 1 unspecified atom stereocenters. The van der Waals surface area contributed by atoms with Crippen molar-refractivity contribution in [3.63, 3.8) is 0 Å². The van der Waals surface area contributed by atoms with Crippen molar-refractivity contribution in [2.45, 2.75) is 13.0 Å². The molecule has 0 amide bonds. The molecule has 0 fully saturated rings. The highest BCUT2D eigenvalue weighted by Gasteiger charge is 2.10. The molecule has 0 saturated carbocycles. The molecule has 0 saturated heterocycles. The Morgan fingerprint density at radius 3 is 2.52 bits per heavy atom. The molecule has 0 aromatic heterocycles. The molecule has 0 heterocycles. The fraction of sp³-hybridized carbons (Fsp3) is 0.188. The largest absolute Gasteiger partial charge is 0.493 e. The van der Waals surface area contributed by atoms with Crippen molar-refractivity contribution in [3.05, 3.63) is 52.5 Å². The third-order valence-electron chi connectivity index (χ3n) is 2.94. The lowest BCUT2D eigenvalue weighted by atomic mass is 10.1. The Morgan fingerprint density at radius 1 is 1.19 bits per heavy atom. The molecule has 5 heteroatoms. The van der Waals surface area contributed by atoms with E-state index in [0.717, 1.165) is 0 Å². The first-order valence-electron chi connectivity index (χ1n) is 6.28. The van der Waals surface area contributed by atoms with E-state index in [-0.39, 0.29) is 0 Å². The summed E-state index contributed by atoms with van der Waals surface area (Å²) in [5.74, 6) is 1.47. The first-order chi connectivity index (χ1) is 10.0. The summed E-state index contributed by atoms with van der Waals surface area (Å²) in [5, 5.41) is 18.8. The Hall–Kier alpha value is -2.22. The van der Waals surface area contributed by atoms with Crippen molar-refractivity contribution in [2.75, 3.05) is 7.11 Å². The van der Waals surface area contributed by atoms with Crippen molar-refractivity contribution in [3.8, 4) is 23.3 Å². The number of methoxy groups -OCH3 is 1. The molecule has 0 aliphatic carbocycles. The first kappa shape index (κ1) is 15.2. The van der Waals surface area contributed by atoms with Gasteiger partial charge in [-0.1, -0.05) is 17.7 Å². The van der Waals surface area contributed by atoms with E-state index in [1.54, 1.807) is 43.3 Å². The van der Waals surface area contributed by atoms with Gasteiger partial charge in [-0.05, 0) is 36.8 Å². The number of nitriles is 1. The maximum Gasteiger partial charge on any atom is 0.169 e. The Labute approximate surface area is 128 Å². The van der Waals surface area contributed by atoms with Gasteiger partial charge in [-0.2, -0.15) is 5.26 Å². The Morgan fingerprint density at radius 2 is 1.95 bits per heavy atom. The van der Waals surface area contributed by atoms with Crippen LogP contribution in [0.5, 0.6) is 17.2 Å². The minimum absolute atomic E-state index is 0.426. The van der Waals surface area contributed by atoms with Gasteiger partial charge in [0.2, 0.25) is 0 Å². The maximum atomic E-state index is 9.55. The molecule has 0 aliphatic rings. The van der Waals surface area contributed by atoms with Crippen LogP contribution in [0, 0.1) is 11.3 Å². The molecule has 0 radical (unpaired) electrons. The number of hydrogen-bond donors (Lipinski definition) is 1. The molecule has 0 aliphatic heterocycles. The quantitative estimate of drug-likeness (QED) is 0.925. The van der Waals surface area contributed by atoms with Crippen LogP contribution in [-0.2, 0) is 0 Å². The topological polar surface area (TPSA) is 62.5 Å². The molecule has 2 rings (SSSR count). The maximum absolute atomic E-state index is 9.55. The standard InChI is InChI=1S/C16H14ClNO3/c1-10(19)13-5-4-12(8-14(13)17)21-15-6-3-11(9-18)7-16(15)20-2/h3-8,10,19H,1-2H3. The summed E-state index contributed by atoms with van der Waals surface area (Å²) >= 11 is 6.10. The molecule has 0 spiro atoms. The summed E-state index contributed by atoms with van der Waals surface area (Å²) in [6, 6.07) is 12.0. The second kappa shape index (κ2) is 6.49. The van der Waals surface area contributed by atoms with Gasteiger partial charge in [0.05, 0.1) is 29.9 Å². The predicted octanol–water partition coefficient (Wildman–Crippen LogP) is 4.07. The van der Waals surface area contributed by atoms with Crippen LogP contribution in [-0.4, -0.2) is 12.2 Å². The van der Waals surface area contributed by atoms with Gasteiger partial charge in [-0.25, -0.2) is 0 Å². The Balaban J connectivity index is 2.30. The molecular formula is C16H14ClNO3. The third-order valence-corrected chi connectivity index (χ3v) is 3.27. The van der Waals surface area contributed by atoms with E-state index in [1.807, 2.05) is 6.07 Å². The van der Waals surface area contributed by atoms with E-state index in [4.69, 9.17) is 26.3 Å². The van der Waals surface area contributed by atoms with Crippen LogP contribution < -0.4 is 9.47 Å². The molecule has 2 aromatic carbocycles. The van der Waals surface area contributed by atoms with Gasteiger partial charge in [0.1, 0.15) is 5.75 Å². The van der Waals surface area contributed by atoms with E-state index in [1.165, 1.54) is 7.11 Å². The van der Waals surface area contributed by atoms with Crippen LogP contribution in [0.25, 0.3) is 0 Å². The van der Waals surface area contributed by atoms with Crippen LogP contribution >= 0.6 is 11.6 Å². The van der Waals surface area contributed by atoms with Crippen LogP contribution in [0.3, 0.4) is 0 Å². The lowest BCUT2D eigenvalue weighted by molar-refractivity contribution is 0.199. The van der Waals surface area contributed by atoms with Gasteiger partial charge in [0, 0.05) is 6.07 Å². The molecule has 1 N–H and O–H groups in total. The molecule has 21 heavy (non-hydrogen) atoms. The molecule has 108 valence electrons. The zero-order valence-electron chi connectivity index (χ0n) is 11.6. The number of aliphatic hydroxyl groups is 1. The SMILES string of the molecule is COc1cc(C#N)ccc1Oc1ccc(C(C)O)c(Cl)c1. The highest BCUT2D eigenvalue weighted by Crippen LogP contribution is 2.34. The Kier molecular flexibility index (Phi) is 4.69. The van der Waals surface area contributed by atoms with Crippen molar-refractivity contribution in [1.29, 1.82) is 5.26 Å². The van der Waals surface area contributed by atoms with Crippen LogP contribution in [0.2, 0.25) is 5.02 Å². The zero-order chi connectivity index (χ0) is 15.4. The lowest BCUT2D eigenvalue weighted by Crippen LogP contribution is -1.94. The minimum Gasteiger partial charge on any atom is -0.493 e. The first-order valence-corrected chi connectivity index (χ1v) is 6.66. The van der Waals surface area contributed by atoms with Gasteiger partial charge >= 0.3 is 0 Å². The van der Waals surface area contributed by atoms with E-state index >= 15 is 0 Å². The zero-order valence-corrected chi connectivity index (χ0v) is 12.4. The predicted molar refractivity (Wildman–Crippen MR) is 79.9 cm³/mol. The number of ether oxygens (including phenoxy) is 2. The molecule has 0 bridgehead atoms. The number of hydrogen-bond acceptors (Lipinski definition) is 4. The molecule has 4 nitrogen and oxygen atoms in total. The van der Waals surface area contributed by atoms with E-state index in [9.17, 15) is 5.11 Å². The van der Waals surface area contributed by atoms with Gasteiger partial charge in [0.25, 0.3) is 0 Å². The second-order valence-corrected chi connectivity index (χ2v) is 4.85. The summed E-state index contributed by atoms with van der Waals surface area (Å²) in [6.07, 6.45) is -0.643. The van der Waals surface area contributed by atoms with E-state index in [2.05, 4.69) is 0 Å². The molecular weight excluding hydrogens is 290 g/mol. The van der Waals surface area contributed by atoms with Crippen LogP contribution in [0.4, 0.5) is 0 Å². The summed E-state index contributed by atoms with van der Waals surface area (Å²) in [7, 11) is 1.51. The average Bonchev–Trinajstić information content (AvgIpc) is 2.47. The van der Waals surface area contributed by atoms with Crippen LogP contribution in [0.15, 0.2) is 36.4 Å². The highest BCUT2D eigenvalue weighted by atomic mass is 35.5. The smallest absolute Gasteiger partial charge is 0.169 e. The number of halogens is 1. The molecule has 2 aromatic rings. The van der Waals surface area contributed by atoms with E-state index < -0.39 is 6.10 Å². The van der Waals surface area contributed by atoms with E-state index in [0.29, 0.717) is 33.4 Å². The van der Waals surface area contributed by atoms with Crippen molar-refractivity contribution in [2.24, 2.45) is 0 Å². The normalized spacial score (nSPS) is 11.6. The van der Waals surface area contributed by atoms with Crippen molar-refractivity contribution < 1.29 is 14.6 Å². The number of nitrogens with zero attached hydrogens (tertiary/aromatic N) is 1. The summed E-state index contributed by atoms with van der Waals surface area (Å²) in [6.45, 7) is 1.64. The number of aliphatic hydroxyl groups excluding tert-OH is 1. The van der Waals surface area contributed by atoms with Crippen LogP contribution in [0.1, 0.15) is 24.2 Å². The third kappa shape index (κ3) is 3.46. The average molecular weight is 304 g/mol. The van der Waals surface area contributed by atoms with Gasteiger partial charge < -0.3 is 14.6 Å². The van der Waals surface area contributed by atoms with Gasteiger partial charge in [-0.3, -0.25) is 0 Å². The summed E-state index contributed by atoms with van der Waals surface area (Å²) < 4.78 is 10.9. The second-order valence-electron chi connectivity index (χ2n) is 4.44. The molecule has 1 atom stereocenters. The number of benzene rings is 2. The summed E-state index contributed by atoms with van der Waals surface area (Å²) in [5.41, 5.74) is 1.12. The van der Waals surface area contributed by atoms with Crippen molar-refractivity contribution in [1.82, 2.24) is 0 Å². The fourth-order valence-corrected chi connectivity index (χ4v) is 2.19. The lowest BCUT2D eigenvalue weighted by Gasteiger charge is -2.12. The number of rotatable bonds is 4. The van der Waals surface area contributed by atoms with Crippen molar-refractivity contribution >= 4 is 11.6 Å². The minimum atomic E-state index is -0.643. The summed E-state index contributed by atoms with van der Waals surface area (Å²) in [4.78, 5) is 0. The van der Waals surface area contributed by atoms with Gasteiger partial charge in [-0.15, -0.1) is 0 Å².